The van der Waals surface area contributed by atoms with E-state index in [2.05, 4.69) is 6.92 Å². The summed E-state index contributed by atoms with van der Waals surface area (Å²) in [6, 6.07) is 0. The van der Waals surface area contributed by atoms with Crippen LogP contribution < -0.4 is 0 Å². The molecule has 4 heteroatoms. The molecule has 0 spiro atoms. The first-order valence-corrected chi connectivity index (χ1v) is 9.95. The van der Waals surface area contributed by atoms with Crippen molar-refractivity contribution in [3.05, 3.63) is 0 Å². The minimum atomic E-state index is -1.88. The summed E-state index contributed by atoms with van der Waals surface area (Å²) >= 11 is 0. The van der Waals surface area contributed by atoms with Crippen LogP contribution in [0, 0.1) is 29.6 Å². The predicted molar refractivity (Wildman–Crippen MR) is 103 cm³/mol. The maximum atomic E-state index is 13.6. The van der Waals surface area contributed by atoms with Crippen molar-refractivity contribution >= 4 is 0 Å². The maximum absolute atomic E-state index is 13.6. The smallest absolute Gasteiger partial charge is 0.162 e. The standard InChI is InChI=1S/C20H33F3.CH4.H2O.2H2/c1-13-2-4-14(5-3-13)10-15-6-8-16(9-7-15)17-11-18(21)20(23)19(22)12-17;;;;/h13-20H,2-12H2,1H3;1H4;1H2;2*1H. The van der Waals surface area contributed by atoms with Crippen LogP contribution in [0.2, 0.25) is 0 Å². The average molecular weight is 369 g/mol. The molecule has 2 N–H and O–H groups in total. The topological polar surface area (TPSA) is 31.5 Å². The number of alkyl halides is 3. The second kappa shape index (κ2) is 10.2. The van der Waals surface area contributed by atoms with Crippen LogP contribution in [-0.2, 0) is 0 Å². The molecule has 0 radical (unpaired) electrons. The van der Waals surface area contributed by atoms with E-state index in [9.17, 15) is 13.2 Å². The van der Waals surface area contributed by atoms with E-state index in [4.69, 9.17) is 0 Å². The Morgan fingerprint density at radius 1 is 0.720 bits per heavy atom. The Hall–Kier alpha value is -0.250. The molecule has 25 heavy (non-hydrogen) atoms. The van der Waals surface area contributed by atoms with Crippen LogP contribution in [0.4, 0.5) is 13.2 Å². The molecule has 0 aromatic rings. The number of rotatable bonds is 3. The SMILES string of the molecule is C.CC1CCC(CC2CCC(C3CC(F)C(F)C(F)C3)CC2)CC1.O.[HH].[HH]. The highest BCUT2D eigenvalue weighted by atomic mass is 19.2. The Kier molecular flexibility index (Phi) is 9.28. The minimum absolute atomic E-state index is 0. The van der Waals surface area contributed by atoms with Gasteiger partial charge in [0.15, 0.2) is 6.17 Å². The van der Waals surface area contributed by atoms with E-state index in [1.54, 1.807) is 0 Å². The predicted octanol–water partition coefficient (Wildman–Crippen LogP) is 6.74. The molecule has 0 saturated heterocycles. The van der Waals surface area contributed by atoms with E-state index in [1.807, 2.05) is 0 Å². The van der Waals surface area contributed by atoms with Crippen LogP contribution in [0.25, 0.3) is 0 Å². The highest BCUT2D eigenvalue weighted by Crippen LogP contribution is 2.44. The third-order valence-corrected chi connectivity index (χ3v) is 7.11. The zero-order chi connectivity index (χ0) is 16.4. The third kappa shape index (κ3) is 5.87. The van der Waals surface area contributed by atoms with E-state index in [-0.39, 0.29) is 34.5 Å². The van der Waals surface area contributed by atoms with E-state index in [0.29, 0.717) is 5.92 Å². The molecule has 3 aliphatic carbocycles. The first-order chi connectivity index (χ1) is 11.0. The summed E-state index contributed by atoms with van der Waals surface area (Å²) in [5.74, 6) is 3.16. The first-order valence-electron chi connectivity index (χ1n) is 9.95. The van der Waals surface area contributed by atoms with Crippen LogP contribution in [0.5, 0.6) is 0 Å². The highest BCUT2D eigenvalue weighted by Gasteiger charge is 2.42. The van der Waals surface area contributed by atoms with E-state index >= 15 is 0 Å². The normalized spacial score (nSPS) is 45.1. The Balaban J connectivity index is 0. The molecule has 0 aromatic heterocycles. The van der Waals surface area contributed by atoms with E-state index in [1.165, 1.54) is 44.9 Å². The summed E-state index contributed by atoms with van der Waals surface area (Å²) in [6.45, 7) is 2.36. The Labute approximate surface area is 155 Å². The second-order valence-electron chi connectivity index (χ2n) is 8.85. The molecule has 2 atom stereocenters. The fourth-order valence-electron chi connectivity index (χ4n) is 5.48. The third-order valence-electron chi connectivity index (χ3n) is 7.11. The van der Waals surface area contributed by atoms with Crippen molar-refractivity contribution in [1.82, 2.24) is 0 Å². The fraction of sp³-hybridized carbons (Fsp3) is 1.00. The summed E-state index contributed by atoms with van der Waals surface area (Å²) in [4.78, 5) is 0. The lowest BCUT2D eigenvalue weighted by Crippen LogP contribution is -2.40. The monoisotopic (exact) mass is 368 g/mol. The summed E-state index contributed by atoms with van der Waals surface area (Å²) in [5, 5.41) is 0. The molecule has 0 heterocycles. The van der Waals surface area contributed by atoms with Crippen molar-refractivity contribution in [3.63, 3.8) is 0 Å². The van der Waals surface area contributed by atoms with Crippen LogP contribution in [0.15, 0.2) is 0 Å². The van der Waals surface area contributed by atoms with Gasteiger partial charge < -0.3 is 5.48 Å². The van der Waals surface area contributed by atoms with Gasteiger partial charge in [-0.25, -0.2) is 13.2 Å². The van der Waals surface area contributed by atoms with Gasteiger partial charge in [-0.2, -0.15) is 0 Å². The summed E-state index contributed by atoms with van der Waals surface area (Å²) in [7, 11) is 0. The molecule has 3 aliphatic rings. The van der Waals surface area contributed by atoms with E-state index in [0.717, 1.165) is 30.6 Å². The Morgan fingerprint density at radius 2 is 1.16 bits per heavy atom. The lowest BCUT2D eigenvalue weighted by atomic mass is 9.68. The molecule has 1 nitrogen and oxygen atoms in total. The van der Waals surface area contributed by atoms with Crippen LogP contribution in [0.1, 0.15) is 87.8 Å². The van der Waals surface area contributed by atoms with Gasteiger partial charge in [0.05, 0.1) is 0 Å². The Bertz CT molecular complexity index is 360. The molecular weight excluding hydrogens is 325 g/mol. The molecule has 0 amide bonds. The fourth-order valence-corrected chi connectivity index (χ4v) is 5.48. The molecule has 0 aromatic carbocycles. The molecule has 3 saturated carbocycles. The quantitative estimate of drug-likeness (QED) is 0.528. The minimum Gasteiger partial charge on any atom is -0.412 e. The van der Waals surface area contributed by atoms with Crippen molar-refractivity contribution in [1.29, 1.82) is 0 Å². The van der Waals surface area contributed by atoms with Gasteiger partial charge in [-0.05, 0) is 61.7 Å². The number of hydrogen-bond acceptors (Lipinski definition) is 0. The molecule has 3 rings (SSSR count). The van der Waals surface area contributed by atoms with Gasteiger partial charge in [0.1, 0.15) is 12.3 Å². The second-order valence-corrected chi connectivity index (χ2v) is 8.85. The van der Waals surface area contributed by atoms with Gasteiger partial charge in [-0.15, -0.1) is 0 Å². The van der Waals surface area contributed by atoms with Gasteiger partial charge in [-0.1, -0.05) is 52.9 Å². The lowest BCUT2D eigenvalue weighted by molar-refractivity contribution is -0.00519. The zero-order valence-electron chi connectivity index (χ0n) is 15.0. The molecule has 3 fully saturated rings. The van der Waals surface area contributed by atoms with Gasteiger partial charge in [-0.3, -0.25) is 0 Å². The first kappa shape index (κ1) is 22.8. The summed E-state index contributed by atoms with van der Waals surface area (Å²) in [6.07, 6.45) is 7.06. The van der Waals surface area contributed by atoms with Gasteiger partial charge in [0, 0.05) is 2.85 Å². The van der Waals surface area contributed by atoms with E-state index < -0.39 is 18.5 Å². The van der Waals surface area contributed by atoms with Gasteiger partial charge in [0.2, 0.25) is 0 Å². The van der Waals surface area contributed by atoms with Crippen molar-refractivity contribution in [2.24, 2.45) is 29.6 Å². The number of halogens is 3. The van der Waals surface area contributed by atoms with Crippen LogP contribution in [-0.4, -0.2) is 24.0 Å². The zero-order valence-corrected chi connectivity index (χ0v) is 15.0. The average Bonchev–Trinajstić information content (AvgIpc) is 2.55. The van der Waals surface area contributed by atoms with Crippen molar-refractivity contribution < 1.29 is 21.5 Å². The largest absolute Gasteiger partial charge is 0.412 e. The highest BCUT2D eigenvalue weighted by molar-refractivity contribution is 4.91. The lowest BCUT2D eigenvalue weighted by Gasteiger charge is -2.39. The Morgan fingerprint density at radius 3 is 1.64 bits per heavy atom. The molecular formula is C21H43F3O. The molecule has 0 bridgehead atoms. The van der Waals surface area contributed by atoms with Crippen LogP contribution >= 0.6 is 0 Å². The summed E-state index contributed by atoms with van der Waals surface area (Å²) in [5.41, 5.74) is 0. The summed E-state index contributed by atoms with van der Waals surface area (Å²) < 4.78 is 40.6. The van der Waals surface area contributed by atoms with Gasteiger partial charge in [0.25, 0.3) is 0 Å². The van der Waals surface area contributed by atoms with Crippen molar-refractivity contribution in [2.75, 3.05) is 0 Å². The maximum Gasteiger partial charge on any atom is 0.162 e. The molecule has 154 valence electrons. The number of hydrogen-bond donors (Lipinski definition) is 0. The van der Waals surface area contributed by atoms with Crippen molar-refractivity contribution in [3.8, 4) is 0 Å². The van der Waals surface area contributed by atoms with Gasteiger partial charge >= 0.3 is 0 Å². The van der Waals surface area contributed by atoms with Crippen molar-refractivity contribution in [2.45, 2.75) is 103 Å². The molecule has 0 aliphatic heterocycles. The van der Waals surface area contributed by atoms with Crippen LogP contribution in [0.3, 0.4) is 0 Å². The molecule has 2 unspecified atom stereocenters.